The van der Waals surface area contributed by atoms with E-state index >= 15 is 0 Å². The fourth-order valence-electron chi connectivity index (χ4n) is 2.26. The van der Waals surface area contributed by atoms with Gasteiger partial charge in [0, 0.05) is 5.92 Å². The third-order valence-corrected chi connectivity index (χ3v) is 3.67. The van der Waals surface area contributed by atoms with Crippen LogP contribution in [0.1, 0.15) is 24.0 Å². The number of phenols is 1. The number of nitrogens with one attached hydrogen (secondary N) is 1. The van der Waals surface area contributed by atoms with Crippen molar-refractivity contribution in [2.75, 3.05) is 0 Å². The Morgan fingerprint density at radius 3 is 2.29 bits per heavy atom. The first-order chi connectivity index (χ1) is 11.5. The van der Waals surface area contributed by atoms with E-state index in [1.54, 1.807) is 31.2 Å². The van der Waals surface area contributed by atoms with Crippen molar-refractivity contribution in [1.29, 1.82) is 0 Å². The lowest BCUT2D eigenvalue weighted by Gasteiger charge is -2.21. The summed E-state index contributed by atoms with van der Waals surface area (Å²) in [7, 11) is 0. The second-order valence-corrected chi connectivity index (χ2v) is 5.40. The molecule has 0 spiro atoms. The smallest absolute Gasteiger partial charge is 0.408 e. The summed E-state index contributed by atoms with van der Waals surface area (Å²) in [4.78, 5) is 23.4. The summed E-state index contributed by atoms with van der Waals surface area (Å²) in [6.07, 6.45) is -0.795. The molecule has 2 rings (SSSR count). The van der Waals surface area contributed by atoms with E-state index in [1.165, 1.54) is 12.1 Å². The van der Waals surface area contributed by atoms with Gasteiger partial charge < -0.3 is 20.3 Å². The van der Waals surface area contributed by atoms with E-state index in [1.807, 2.05) is 18.2 Å². The molecule has 0 saturated carbocycles. The van der Waals surface area contributed by atoms with E-state index in [0.717, 1.165) is 5.56 Å². The van der Waals surface area contributed by atoms with Gasteiger partial charge in [-0.05, 0) is 23.3 Å². The molecule has 0 aliphatic heterocycles. The summed E-state index contributed by atoms with van der Waals surface area (Å²) in [5.74, 6) is -1.56. The molecule has 6 nitrogen and oxygen atoms in total. The number of hydrogen-bond donors (Lipinski definition) is 3. The molecule has 1 amide bonds. The molecule has 0 saturated heterocycles. The number of hydrogen-bond acceptors (Lipinski definition) is 4. The van der Waals surface area contributed by atoms with E-state index in [2.05, 4.69) is 5.32 Å². The molecule has 0 fully saturated rings. The molecule has 2 aromatic carbocycles. The molecule has 3 N–H and O–H groups in total. The highest BCUT2D eigenvalue weighted by Crippen LogP contribution is 2.22. The fourth-order valence-corrected chi connectivity index (χ4v) is 2.26. The molecule has 126 valence electrons. The van der Waals surface area contributed by atoms with Crippen LogP contribution in [0.25, 0.3) is 0 Å². The lowest BCUT2D eigenvalue weighted by atomic mass is 9.93. The van der Waals surface area contributed by atoms with Crippen molar-refractivity contribution in [1.82, 2.24) is 5.32 Å². The molecule has 0 aromatic heterocycles. The van der Waals surface area contributed by atoms with Gasteiger partial charge in [0.1, 0.15) is 18.4 Å². The standard InChI is InChI=1S/C18H19NO5/c1-12(14-7-9-15(20)10-8-14)16(17(21)22)19-18(23)24-11-13-5-3-2-4-6-13/h2-10,12,16,20H,11H2,1H3,(H,19,23)(H,21,22)/t12-,16-/m1/s1. The second-order valence-electron chi connectivity index (χ2n) is 5.40. The van der Waals surface area contributed by atoms with Crippen LogP contribution in [0.5, 0.6) is 5.75 Å². The van der Waals surface area contributed by atoms with Crippen molar-refractivity contribution in [3.63, 3.8) is 0 Å². The topological polar surface area (TPSA) is 95.9 Å². The van der Waals surface area contributed by atoms with Gasteiger partial charge in [0.25, 0.3) is 0 Å². The van der Waals surface area contributed by atoms with Crippen LogP contribution in [0.3, 0.4) is 0 Å². The minimum atomic E-state index is -1.16. The molecule has 2 atom stereocenters. The number of benzene rings is 2. The summed E-state index contributed by atoms with van der Waals surface area (Å²) < 4.78 is 5.06. The maximum Gasteiger partial charge on any atom is 0.408 e. The number of aliphatic carboxylic acids is 1. The molecule has 24 heavy (non-hydrogen) atoms. The lowest BCUT2D eigenvalue weighted by molar-refractivity contribution is -0.139. The van der Waals surface area contributed by atoms with Gasteiger partial charge in [-0.25, -0.2) is 9.59 Å². The predicted octanol–water partition coefficient (Wildman–Crippen LogP) is 2.88. The van der Waals surface area contributed by atoms with Crippen molar-refractivity contribution in [2.24, 2.45) is 0 Å². The van der Waals surface area contributed by atoms with Gasteiger partial charge in [-0.2, -0.15) is 0 Å². The number of alkyl carbamates (subject to hydrolysis) is 1. The molecule has 6 heteroatoms. The molecule has 0 heterocycles. The maximum atomic E-state index is 11.9. The first kappa shape index (κ1) is 17.3. The number of ether oxygens (including phenoxy) is 1. The Hall–Kier alpha value is -3.02. The Kier molecular flexibility index (Phi) is 5.78. The van der Waals surface area contributed by atoms with Crippen molar-refractivity contribution in [3.05, 3.63) is 65.7 Å². The van der Waals surface area contributed by atoms with Crippen molar-refractivity contribution in [2.45, 2.75) is 25.5 Å². The number of aromatic hydroxyl groups is 1. The molecule has 0 radical (unpaired) electrons. The fraction of sp³-hybridized carbons (Fsp3) is 0.222. The second kappa shape index (κ2) is 8.01. The summed E-state index contributed by atoms with van der Waals surface area (Å²) >= 11 is 0. The first-order valence-corrected chi connectivity index (χ1v) is 7.46. The van der Waals surface area contributed by atoms with Gasteiger partial charge in [-0.15, -0.1) is 0 Å². The zero-order chi connectivity index (χ0) is 17.5. The third-order valence-electron chi connectivity index (χ3n) is 3.67. The van der Waals surface area contributed by atoms with Crippen LogP contribution in [0, 0.1) is 0 Å². The van der Waals surface area contributed by atoms with Crippen molar-refractivity contribution >= 4 is 12.1 Å². The molecule has 0 aliphatic carbocycles. The summed E-state index contributed by atoms with van der Waals surface area (Å²) in [5.41, 5.74) is 1.50. The molecule has 2 aromatic rings. The summed E-state index contributed by atoms with van der Waals surface area (Å²) in [6.45, 7) is 1.75. The Labute approximate surface area is 139 Å². The van der Waals surface area contributed by atoms with Crippen molar-refractivity contribution in [3.8, 4) is 5.75 Å². The Morgan fingerprint density at radius 2 is 1.71 bits per heavy atom. The van der Waals surface area contributed by atoms with Crippen LogP contribution in [0.2, 0.25) is 0 Å². The van der Waals surface area contributed by atoms with Crippen molar-refractivity contribution < 1.29 is 24.5 Å². The van der Waals surface area contributed by atoms with Crippen LogP contribution >= 0.6 is 0 Å². The number of phenolic OH excluding ortho intramolecular Hbond substituents is 1. The van der Waals surface area contributed by atoms with Crippen LogP contribution in [-0.4, -0.2) is 28.3 Å². The van der Waals surface area contributed by atoms with Gasteiger partial charge in [0.2, 0.25) is 0 Å². The first-order valence-electron chi connectivity index (χ1n) is 7.46. The van der Waals surface area contributed by atoms with E-state index in [4.69, 9.17) is 4.74 Å². The average Bonchev–Trinajstić information content (AvgIpc) is 2.58. The van der Waals surface area contributed by atoms with E-state index in [-0.39, 0.29) is 12.4 Å². The summed E-state index contributed by atoms with van der Waals surface area (Å²) in [6, 6.07) is 14.1. The number of carboxylic acids is 1. The van der Waals surface area contributed by atoms with Gasteiger partial charge in [-0.1, -0.05) is 49.4 Å². The zero-order valence-electron chi connectivity index (χ0n) is 13.2. The third kappa shape index (κ3) is 4.74. The molecular formula is C18H19NO5. The Morgan fingerprint density at radius 1 is 1.08 bits per heavy atom. The van der Waals surface area contributed by atoms with Crippen LogP contribution in [-0.2, 0) is 16.1 Å². The molecule has 0 unspecified atom stereocenters. The Balaban J connectivity index is 1.98. The quantitative estimate of drug-likeness (QED) is 0.757. The predicted molar refractivity (Wildman–Crippen MR) is 87.7 cm³/mol. The minimum absolute atomic E-state index is 0.0621. The largest absolute Gasteiger partial charge is 0.508 e. The SMILES string of the molecule is C[C@H](c1ccc(O)cc1)[C@@H](NC(=O)OCc1ccccc1)C(=O)O. The number of carbonyl (C=O) groups is 2. The zero-order valence-corrected chi connectivity index (χ0v) is 13.2. The molecular weight excluding hydrogens is 310 g/mol. The van der Waals surface area contributed by atoms with Gasteiger partial charge in [0.05, 0.1) is 0 Å². The number of carbonyl (C=O) groups excluding carboxylic acids is 1. The van der Waals surface area contributed by atoms with Crippen LogP contribution in [0.15, 0.2) is 54.6 Å². The normalized spacial score (nSPS) is 12.9. The van der Waals surface area contributed by atoms with E-state index in [0.29, 0.717) is 5.56 Å². The average molecular weight is 329 g/mol. The number of rotatable bonds is 6. The molecule has 0 aliphatic rings. The number of amides is 1. The Bertz CT molecular complexity index is 684. The van der Waals surface area contributed by atoms with Gasteiger partial charge >= 0.3 is 12.1 Å². The lowest BCUT2D eigenvalue weighted by Crippen LogP contribution is -2.44. The monoisotopic (exact) mass is 329 g/mol. The van der Waals surface area contributed by atoms with Gasteiger partial charge in [0.15, 0.2) is 0 Å². The van der Waals surface area contributed by atoms with Crippen LogP contribution < -0.4 is 5.32 Å². The summed E-state index contributed by atoms with van der Waals surface area (Å²) in [5, 5.41) is 21.1. The van der Waals surface area contributed by atoms with E-state index < -0.39 is 24.0 Å². The highest BCUT2D eigenvalue weighted by Gasteiger charge is 2.28. The molecule has 0 bridgehead atoms. The number of carboxylic acid groups (broad SMARTS) is 1. The van der Waals surface area contributed by atoms with Gasteiger partial charge in [-0.3, -0.25) is 0 Å². The van der Waals surface area contributed by atoms with E-state index in [9.17, 15) is 19.8 Å². The highest BCUT2D eigenvalue weighted by molar-refractivity contribution is 5.81. The minimum Gasteiger partial charge on any atom is -0.508 e. The maximum absolute atomic E-state index is 11.9. The highest BCUT2D eigenvalue weighted by atomic mass is 16.5. The van der Waals surface area contributed by atoms with Crippen LogP contribution in [0.4, 0.5) is 4.79 Å².